The van der Waals surface area contributed by atoms with Gasteiger partial charge >= 0.3 is 0 Å². The van der Waals surface area contributed by atoms with Crippen molar-refractivity contribution in [2.45, 2.75) is 89.6 Å². The van der Waals surface area contributed by atoms with Crippen molar-refractivity contribution >= 4 is 0 Å². The zero-order valence-electron chi connectivity index (χ0n) is 17.1. The highest BCUT2D eigenvalue weighted by molar-refractivity contribution is 5.40. The fourth-order valence-electron chi connectivity index (χ4n) is 6.12. The van der Waals surface area contributed by atoms with Crippen molar-refractivity contribution in [3.05, 3.63) is 59.7 Å². The molecule has 3 fully saturated rings. The van der Waals surface area contributed by atoms with Gasteiger partial charge in [-0.25, -0.2) is 4.39 Å². The number of hydrogen-bond acceptors (Lipinski definition) is 0. The highest BCUT2D eigenvalue weighted by Crippen LogP contribution is 2.66. The summed E-state index contributed by atoms with van der Waals surface area (Å²) in [5.41, 5.74) is 1.62. The number of benzene rings is 1. The SMILES string of the molecule is CCCCc1ccc(C2C=CC=CC2(F)C23CCC(CC)(CC2)CC3)cc1. The van der Waals surface area contributed by atoms with Crippen molar-refractivity contribution in [1.82, 2.24) is 0 Å². The molecule has 0 heterocycles. The number of aryl methyl sites for hydroxylation is 1. The fourth-order valence-corrected chi connectivity index (χ4v) is 6.12. The molecule has 0 aliphatic heterocycles. The Balaban J connectivity index is 1.61. The maximum Gasteiger partial charge on any atom is 0.145 e. The van der Waals surface area contributed by atoms with Gasteiger partial charge in [0.2, 0.25) is 0 Å². The third-order valence-electron chi connectivity index (χ3n) is 8.33. The Morgan fingerprint density at radius 2 is 1.59 bits per heavy atom. The van der Waals surface area contributed by atoms with Crippen molar-refractivity contribution in [1.29, 1.82) is 0 Å². The molecule has 1 aromatic carbocycles. The molecule has 2 bridgehead atoms. The van der Waals surface area contributed by atoms with Crippen LogP contribution < -0.4 is 0 Å². The number of alkyl halides is 1. The molecule has 5 rings (SSSR count). The van der Waals surface area contributed by atoms with Gasteiger partial charge in [-0.15, -0.1) is 0 Å². The van der Waals surface area contributed by atoms with E-state index in [4.69, 9.17) is 0 Å². The highest BCUT2D eigenvalue weighted by Gasteiger charge is 2.60. The summed E-state index contributed by atoms with van der Waals surface area (Å²) >= 11 is 0. The van der Waals surface area contributed by atoms with Gasteiger partial charge in [0, 0.05) is 11.3 Å². The first-order chi connectivity index (χ1) is 13.1. The smallest absolute Gasteiger partial charge is 0.145 e. The number of fused-ring (bicyclic) bond motifs is 3. The van der Waals surface area contributed by atoms with Gasteiger partial charge < -0.3 is 0 Å². The van der Waals surface area contributed by atoms with E-state index in [1.54, 1.807) is 0 Å². The van der Waals surface area contributed by atoms with Gasteiger partial charge in [0.1, 0.15) is 5.67 Å². The third kappa shape index (κ3) is 3.12. The van der Waals surface area contributed by atoms with Gasteiger partial charge in [-0.3, -0.25) is 0 Å². The lowest BCUT2D eigenvalue weighted by atomic mass is 9.46. The van der Waals surface area contributed by atoms with Gasteiger partial charge in [-0.05, 0) is 74.0 Å². The van der Waals surface area contributed by atoms with E-state index in [1.807, 2.05) is 18.2 Å². The van der Waals surface area contributed by atoms with Crippen molar-refractivity contribution in [2.24, 2.45) is 10.8 Å². The molecular formula is C26H35F. The summed E-state index contributed by atoms with van der Waals surface area (Å²) in [6.07, 6.45) is 19.7. The van der Waals surface area contributed by atoms with Crippen LogP contribution in [0.1, 0.15) is 88.7 Å². The minimum absolute atomic E-state index is 0.144. The van der Waals surface area contributed by atoms with Crippen LogP contribution in [0.2, 0.25) is 0 Å². The number of allylic oxidation sites excluding steroid dienone is 4. The van der Waals surface area contributed by atoms with E-state index in [2.05, 4.69) is 44.2 Å². The molecule has 146 valence electrons. The Hall–Kier alpha value is -1.37. The second-order valence-electron chi connectivity index (χ2n) is 9.47. The van der Waals surface area contributed by atoms with E-state index in [0.29, 0.717) is 5.41 Å². The second-order valence-corrected chi connectivity index (χ2v) is 9.47. The quantitative estimate of drug-likeness (QED) is 0.484. The van der Waals surface area contributed by atoms with E-state index >= 15 is 4.39 Å². The van der Waals surface area contributed by atoms with Crippen molar-refractivity contribution in [3.8, 4) is 0 Å². The van der Waals surface area contributed by atoms with E-state index in [1.165, 1.54) is 44.1 Å². The molecule has 0 aromatic heterocycles. The van der Waals surface area contributed by atoms with Crippen LogP contribution in [0, 0.1) is 10.8 Å². The van der Waals surface area contributed by atoms with Crippen LogP contribution in [0.25, 0.3) is 0 Å². The van der Waals surface area contributed by atoms with Crippen LogP contribution >= 0.6 is 0 Å². The van der Waals surface area contributed by atoms with E-state index in [0.717, 1.165) is 31.2 Å². The Morgan fingerprint density at radius 3 is 2.19 bits per heavy atom. The molecule has 4 aliphatic carbocycles. The average molecular weight is 367 g/mol. The van der Waals surface area contributed by atoms with Gasteiger partial charge in [0.25, 0.3) is 0 Å². The van der Waals surface area contributed by atoms with Crippen molar-refractivity contribution < 1.29 is 4.39 Å². The van der Waals surface area contributed by atoms with Gasteiger partial charge in [0.15, 0.2) is 0 Å². The Kier molecular flexibility index (Phi) is 5.08. The molecule has 27 heavy (non-hydrogen) atoms. The monoisotopic (exact) mass is 366 g/mol. The summed E-state index contributed by atoms with van der Waals surface area (Å²) in [4.78, 5) is 0. The van der Waals surface area contributed by atoms with Crippen LogP contribution in [0.4, 0.5) is 4.39 Å². The standard InChI is InChI=1S/C26H35F/c1-3-5-8-21-10-12-22(13-11-21)23-9-6-7-14-26(23,27)25-18-15-24(4-2,16-19-25)17-20-25/h6-7,9-14,23H,3-5,8,15-20H2,1-2H3. The van der Waals surface area contributed by atoms with Gasteiger partial charge in [-0.1, -0.05) is 69.2 Å². The number of unbranched alkanes of at least 4 members (excludes halogenated alkanes) is 1. The summed E-state index contributed by atoms with van der Waals surface area (Å²) < 4.78 is 16.9. The fraction of sp³-hybridized carbons (Fsp3) is 0.615. The lowest BCUT2D eigenvalue weighted by molar-refractivity contribution is -0.0987. The molecule has 1 heteroatoms. The van der Waals surface area contributed by atoms with Crippen molar-refractivity contribution in [3.63, 3.8) is 0 Å². The van der Waals surface area contributed by atoms with Crippen molar-refractivity contribution in [2.75, 3.05) is 0 Å². The molecule has 2 atom stereocenters. The molecule has 4 aliphatic rings. The summed E-state index contributed by atoms with van der Waals surface area (Å²) in [6, 6.07) is 8.82. The molecule has 2 unspecified atom stereocenters. The Morgan fingerprint density at radius 1 is 0.926 bits per heavy atom. The zero-order chi connectivity index (χ0) is 19.0. The van der Waals surface area contributed by atoms with Crippen LogP contribution in [0.3, 0.4) is 0 Å². The maximum atomic E-state index is 16.9. The average Bonchev–Trinajstić information content (AvgIpc) is 2.74. The summed E-state index contributed by atoms with van der Waals surface area (Å²) in [7, 11) is 0. The van der Waals surface area contributed by atoms with Gasteiger partial charge in [0.05, 0.1) is 0 Å². The molecule has 0 amide bonds. The summed E-state index contributed by atoms with van der Waals surface area (Å²) in [5, 5.41) is 0. The Bertz CT molecular complexity index is 686. The molecule has 0 saturated heterocycles. The summed E-state index contributed by atoms with van der Waals surface area (Å²) in [6.45, 7) is 4.56. The zero-order valence-corrected chi connectivity index (χ0v) is 17.1. The highest BCUT2D eigenvalue weighted by atomic mass is 19.1. The number of hydrogen-bond donors (Lipinski definition) is 0. The first-order valence-corrected chi connectivity index (χ1v) is 11.2. The Labute approximate surface area is 164 Å². The van der Waals surface area contributed by atoms with Crippen LogP contribution in [0.5, 0.6) is 0 Å². The number of rotatable bonds is 6. The number of halogens is 1. The first kappa shape index (κ1) is 19.0. The van der Waals surface area contributed by atoms with Crippen LogP contribution in [-0.4, -0.2) is 5.67 Å². The predicted octanol–water partition coefficient (Wildman–Crippen LogP) is 7.70. The minimum Gasteiger partial charge on any atom is -0.238 e. The molecule has 0 N–H and O–H groups in total. The van der Waals surface area contributed by atoms with Crippen LogP contribution in [0.15, 0.2) is 48.6 Å². The normalized spacial score (nSPS) is 37.7. The molecule has 0 nitrogen and oxygen atoms in total. The minimum atomic E-state index is -1.24. The van der Waals surface area contributed by atoms with Gasteiger partial charge in [-0.2, -0.15) is 0 Å². The predicted molar refractivity (Wildman–Crippen MR) is 113 cm³/mol. The second kappa shape index (κ2) is 7.22. The topological polar surface area (TPSA) is 0 Å². The van der Waals surface area contributed by atoms with E-state index in [9.17, 15) is 0 Å². The summed E-state index contributed by atoms with van der Waals surface area (Å²) in [5.74, 6) is -0.144. The molecule has 0 spiro atoms. The molecule has 0 radical (unpaired) electrons. The largest absolute Gasteiger partial charge is 0.238 e. The lowest BCUT2D eigenvalue weighted by Crippen LogP contribution is -2.54. The maximum absolute atomic E-state index is 16.9. The lowest BCUT2D eigenvalue weighted by Gasteiger charge is -2.59. The first-order valence-electron chi connectivity index (χ1n) is 11.2. The van der Waals surface area contributed by atoms with E-state index in [-0.39, 0.29) is 11.3 Å². The molecule has 3 saturated carbocycles. The van der Waals surface area contributed by atoms with Crippen LogP contribution in [-0.2, 0) is 6.42 Å². The molecular weight excluding hydrogens is 331 g/mol. The molecule has 1 aromatic rings. The third-order valence-corrected chi connectivity index (χ3v) is 8.33. The van der Waals surface area contributed by atoms with E-state index < -0.39 is 5.67 Å².